The molecule has 0 fully saturated rings. The van der Waals surface area contributed by atoms with Crippen LogP contribution in [0.25, 0.3) is 0 Å². The molecule has 1 aromatic rings. The first kappa shape index (κ1) is 11.5. The first-order valence-electron chi connectivity index (χ1n) is 4.27. The third-order valence-electron chi connectivity index (χ3n) is 1.53. The first-order valence-corrected chi connectivity index (χ1v) is 5.92. The molecule has 1 rings (SSSR count). The van der Waals surface area contributed by atoms with Gasteiger partial charge in [0.25, 0.3) is 5.56 Å². The highest BCUT2D eigenvalue weighted by Crippen LogP contribution is 1.89. The number of hydrogen-bond acceptors (Lipinski definition) is 4. The summed E-state index contributed by atoms with van der Waals surface area (Å²) in [6.45, 7) is 1.70. The van der Waals surface area contributed by atoms with E-state index in [1.54, 1.807) is 6.92 Å². The van der Waals surface area contributed by atoms with Gasteiger partial charge in [0.15, 0.2) is 0 Å². The lowest BCUT2D eigenvalue weighted by atomic mass is 10.6. The smallest absolute Gasteiger partial charge is 0.273 e. The molecule has 0 aliphatic rings. The van der Waals surface area contributed by atoms with E-state index in [2.05, 4.69) is 0 Å². The highest BCUT2D eigenvalue weighted by molar-refractivity contribution is 7.92. The Kier molecular flexibility index (Phi) is 3.30. The maximum absolute atomic E-state index is 11.3. The molecule has 0 aliphatic heterocycles. The molecule has 0 spiro atoms. The van der Waals surface area contributed by atoms with E-state index in [0.29, 0.717) is 11.1 Å². The molecule has 0 aliphatic carbocycles. The molecule has 0 aromatic carbocycles. The van der Waals surface area contributed by atoms with Crippen molar-refractivity contribution in [3.05, 3.63) is 33.1 Å². The fraction of sp³-hybridized carbons (Fsp3) is 0.429. The van der Waals surface area contributed by atoms with Crippen LogP contribution in [-0.2, 0) is 10.0 Å². The molecule has 0 saturated heterocycles. The van der Waals surface area contributed by atoms with Gasteiger partial charge in [0.2, 0.25) is 10.0 Å². The van der Waals surface area contributed by atoms with Crippen LogP contribution < -0.4 is 16.1 Å². The Morgan fingerprint density at radius 3 is 2.67 bits per heavy atom. The molecular weight excluding hydrogens is 222 g/mol. The summed E-state index contributed by atoms with van der Waals surface area (Å²) in [4.78, 5) is 25.7. The Morgan fingerprint density at radius 2 is 2.13 bits per heavy atom. The van der Waals surface area contributed by atoms with E-state index < -0.39 is 21.3 Å². The lowest BCUT2D eigenvalue weighted by molar-refractivity contribution is 0.592. The molecule has 0 unspecified atom stereocenters. The second-order valence-corrected chi connectivity index (χ2v) is 4.71. The molecule has 7 nitrogen and oxygen atoms in total. The predicted octanol–water partition coefficient (Wildman–Crippen LogP) is -1.18. The summed E-state index contributed by atoms with van der Waals surface area (Å²) >= 11 is 0. The van der Waals surface area contributed by atoms with Crippen molar-refractivity contribution in [2.75, 3.05) is 10.6 Å². The van der Waals surface area contributed by atoms with E-state index in [1.165, 1.54) is 0 Å². The van der Waals surface area contributed by atoms with Crippen LogP contribution in [0.1, 0.15) is 13.3 Å². The highest BCUT2D eigenvalue weighted by atomic mass is 32.2. The lowest BCUT2D eigenvalue weighted by Gasteiger charge is -2.07. The zero-order valence-corrected chi connectivity index (χ0v) is 8.87. The normalized spacial score (nSPS) is 11.3. The van der Waals surface area contributed by atoms with Crippen molar-refractivity contribution in [2.45, 2.75) is 13.3 Å². The number of sulfonamides is 1. The van der Waals surface area contributed by atoms with Crippen LogP contribution in [0, 0.1) is 0 Å². The van der Waals surface area contributed by atoms with E-state index >= 15 is 0 Å². The van der Waals surface area contributed by atoms with Gasteiger partial charge in [0.1, 0.15) is 0 Å². The summed E-state index contributed by atoms with van der Waals surface area (Å²) in [5.41, 5.74) is -1.40. The van der Waals surface area contributed by atoms with Gasteiger partial charge in [-0.05, 0) is 6.42 Å². The number of aromatic amines is 1. The Hall–Kier alpha value is -1.57. The number of rotatable bonds is 4. The molecular formula is C7H11N3O4S. The van der Waals surface area contributed by atoms with Gasteiger partial charge in [-0.3, -0.25) is 9.78 Å². The SMILES string of the molecule is CCCS(=O)(=O)Nn1ccc(=O)[nH]c1=O. The zero-order valence-electron chi connectivity index (χ0n) is 8.06. The average molecular weight is 233 g/mol. The molecule has 15 heavy (non-hydrogen) atoms. The van der Waals surface area contributed by atoms with Crippen LogP contribution in [0.4, 0.5) is 0 Å². The fourth-order valence-corrected chi connectivity index (χ4v) is 2.03. The molecule has 1 aromatic heterocycles. The van der Waals surface area contributed by atoms with Gasteiger partial charge in [0.05, 0.1) is 5.75 Å². The summed E-state index contributed by atoms with van der Waals surface area (Å²) in [7, 11) is -3.53. The van der Waals surface area contributed by atoms with Crippen molar-refractivity contribution in [3.63, 3.8) is 0 Å². The lowest BCUT2D eigenvalue weighted by Crippen LogP contribution is -2.37. The Balaban J connectivity index is 3.01. The maximum atomic E-state index is 11.3. The minimum Gasteiger partial charge on any atom is -0.273 e. The van der Waals surface area contributed by atoms with Gasteiger partial charge in [-0.15, -0.1) is 0 Å². The van der Waals surface area contributed by atoms with E-state index in [9.17, 15) is 18.0 Å². The number of nitrogens with one attached hydrogen (secondary N) is 2. The largest absolute Gasteiger partial charge is 0.347 e. The summed E-state index contributed by atoms with van der Waals surface area (Å²) in [6, 6.07) is 1.05. The van der Waals surface area contributed by atoms with Crippen molar-refractivity contribution < 1.29 is 8.42 Å². The molecule has 0 radical (unpaired) electrons. The van der Waals surface area contributed by atoms with E-state index in [1.807, 2.05) is 9.82 Å². The summed E-state index contributed by atoms with van der Waals surface area (Å²) < 4.78 is 23.3. The number of nitrogens with zero attached hydrogens (tertiary/aromatic N) is 1. The van der Waals surface area contributed by atoms with Gasteiger partial charge in [0, 0.05) is 12.3 Å². The van der Waals surface area contributed by atoms with Crippen molar-refractivity contribution in [1.29, 1.82) is 0 Å². The fourth-order valence-electron chi connectivity index (χ4n) is 0.953. The number of aromatic nitrogens is 2. The van der Waals surface area contributed by atoms with E-state index in [-0.39, 0.29) is 5.75 Å². The Bertz CT molecular complexity index is 542. The molecule has 0 atom stereocenters. The molecule has 1 heterocycles. The van der Waals surface area contributed by atoms with Gasteiger partial charge in [-0.1, -0.05) is 6.92 Å². The standard InChI is InChI=1S/C7H11N3O4S/c1-2-5-15(13,14)9-10-4-3-6(11)8-7(10)12/h3-4,9H,2,5H2,1H3,(H,8,11,12). The number of H-pyrrole nitrogens is 1. The zero-order chi connectivity index (χ0) is 11.5. The maximum Gasteiger partial charge on any atom is 0.347 e. The van der Waals surface area contributed by atoms with Gasteiger partial charge in [-0.2, -0.15) is 0 Å². The number of hydrogen-bond donors (Lipinski definition) is 2. The topological polar surface area (TPSA) is 101 Å². The molecule has 84 valence electrons. The summed E-state index contributed by atoms with van der Waals surface area (Å²) in [5.74, 6) is -0.0848. The second kappa shape index (κ2) is 4.30. The van der Waals surface area contributed by atoms with Crippen LogP contribution in [0.5, 0.6) is 0 Å². The Labute approximate surface area is 85.8 Å². The van der Waals surface area contributed by atoms with Crippen LogP contribution in [-0.4, -0.2) is 23.8 Å². The van der Waals surface area contributed by atoms with Crippen molar-refractivity contribution in [2.24, 2.45) is 0 Å². The molecule has 0 amide bonds. The van der Waals surface area contributed by atoms with Crippen molar-refractivity contribution in [1.82, 2.24) is 9.66 Å². The summed E-state index contributed by atoms with van der Waals surface area (Å²) in [5, 5.41) is 0. The van der Waals surface area contributed by atoms with Crippen molar-refractivity contribution in [3.8, 4) is 0 Å². The van der Waals surface area contributed by atoms with Gasteiger partial charge < -0.3 is 0 Å². The molecule has 8 heteroatoms. The van der Waals surface area contributed by atoms with Crippen LogP contribution in [0.15, 0.2) is 21.9 Å². The highest BCUT2D eigenvalue weighted by Gasteiger charge is 2.08. The minimum atomic E-state index is -3.53. The molecule has 0 saturated carbocycles. The van der Waals surface area contributed by atoms with Gasteiger partial charge >= 0.3 is 5.69 Å². The van der Waals surface area contributed by atoms with Gasteiger partial charge in [-0.25, -0.2) is 22.7 Å². The summed E-state index contributed by atoms with van der Waals surface area (Å²) in [6.07, 6.45) is 1.50. The third kappa shape index (κ3) is 3.24. The monoisotopic (exact) mass is 233 g/mol. The molecule has 2 N–H and O–H groups in total. The van der Waals surface area contributed by atoms with E-state index in [4.69, 9.17) is 0 Å². The van der Waals surface area contributed by atoms with Crippen LogP contribution in [0.3, 0.4) is 0 Å². The second-order valence-electron chi connectivity index (χ2n) is 2.89. The van der Waals surface area contributed by atoms with Crippen molar-refractivity contribution >= 4 is 10.0 Å². The van der Waals surface area contributed by atoms with E-state index in [0.717, 1.165) is 12.3 Å². The van der Waals surface area contributed by atoms with Crippen LogP contribution in [0.2, 0.25) is 0 Å². The molecule has 0 bridgehead atoms. The average Bonchev–Trinajstić information content (AvgIpc) is 2.09. The van der Waals surface area contributed by atoms with Crippen LogP contribution >= 0.6 is 0 Å². The first-order chi connectivity index (χ1) is 6.94. The predicted molar refractivity (Wildman–Crippen MR) is 54.8 cm³/mol. The minimum absolute atomic E-state index is 0.0848. The Morgan fingerprint density at radius 1 is 1.47 bits per heavy atom. The quantitative estimate of drug-likeness (QED) is 0.683. The third-order valence-corrected chi connectivity index (χ3v) is 2.95.